The van der Waals surface area contributed by atoms with Crippen molar-refractivity contribution in [2.24, 2.45) is 10.8 Å². The molecule has 0 spiro atoms. The predicted molar refractivity (Wildman–Crippen MR) is 69.6 cm³/mol. The summed E-state index contributed by atoms with van der Waals surface area (Å²) in [6, 6.07) is 0. The standard InChI is InChI=1S/C10H22N4OS/c1-2-15-7-3-4-12-10(13-11)14-5-8-16-9-6-14/h2-9,11H2,1H3,(H,12,13). The Bertz CT molecular complexity index is 207. The van der Waals surface area contributed by atoms with E-state index in [0.29, 0.717) is 0 Å². The molecule has 0 unspecified atom stereocenters. The molecule has 16 heavy (non-hydrogen) atoms. The zero-order valence-electron chi connectivity index (χ0n) is 9.95. The number of hydrogen-bond donors (Lipinski definition) is 2. The zero-order valence-corrected chi connectivity index (χ0v) is 10.8. The largest absolute Gasteiger partial charge is 0.382 e. The SMILES string of the molecule is CCOCCCN=C(NN)N1CCSCC1. The first kappa shape index (κ1) is 13.6. The highest BCUT2D eigenvalue weighted by atomic mass is 32.2. The van der Waals surface area contributed by atoms with Gasteiger partial charge in [-0.1, -0.05) is 0 Å². The minimum Gasteiger partial charge on any atom is -0.382 e. The van der Waals surface area contributed by atoms with Gasteiger partial charge in [0.15, 0.2) is 0 Å². The lowest BCUT2D eigenvalue weighted by molar-refractivity contribution is 0.146. The number of hydrazine groups is 1. The number of nitrogens with zero attached hydrogens (tertiary/aromatic N) is 2. The van der Waals surface area contributed by atoms with Crippen molar-refractivity contribution in [2.45, 2.75) is 13.3 Å². The van der Waals surface area contributed by atoms with Crippen LogP contribution in [0, 0.1) is 0 Å². The van der Waals surface area contributed by atoms with E-state index >= 15 is 0 Å². The van der Waals surface area contributed by atoms with E-state index in [2.05, 4.69) is 15.3 Å². The number of aliphatic imine (C=N–C) groups is 1. The van der Waals surface area contributed by atoms with Crippen molar-refractivity contribution in [2.75, 3.05) is 44.4 Å². The summed E-state index contributed by atoms with van der Waals surface area (Å²) in [7, 11) is 0. The fourth-order valence-corrected chi connectivity index (χ4v) is 2.41. The van der Waals surface area contributed by atoms with Gasteiger partial charge in [0.2, 0.25) is 5.96 Å². The molecule has 0 atom stereocenters. The molecule has 1 heterocycles. The third kappa shape index (κ3) is 5.05. The van der Waals surface area contributed by atoms with Crippen LogP contribution < -0.4 is 11.3 Å². The highest BCUT2D eigenvalue weighted by Gasteiger charge is 2.13. The third-order valence-electron chi connectivity index (χ3n) is 2.35. The van der Waals surface area contributed by atoms with Gasteiger partial charge >= 0.3 is 0 Å². The van der Waals surface area contributed by atoms with Crippen molar-refractivity contribution >= 4 is 17.7 Å². The van der Waals surface area contributed by atoms with Crippen molar-refractivity contribution in [3.05, 3.63) is 0 Å². The highest BCUT2D eigenvalue weighted by molar-refractivity contribution is 7.99. The van der Waals surface area contributed by atoms with Crippen LogP contribution in [-0.4, -0.2) is 55.2 Å². The number of nitrogens with two attached hydrogens (primary N) is 1. The molecular weight excluding hydrogens is 224 g/mol. The number of rotatable bonds is 5. The average molecular weight is 246 g/mol. The van der Waals surface area contributed by atoms with Gasteiger partial charge in [-0.2, -0.15) is 11.8 Å². The first-order valence-electron chi connectivity index (χ1n) is 5.80. The summed E-state index contributed by atoms with van der Waals surface area (Å²) in [6.45, 7) is 6.37. The molecule has 5 nitrogen and oxygen atoms in total. The van der Waals surface area contributed by atoms with Gasteiger partial charge in [0.1, 0.15) is 0 Å². The van der Waals surface area contributed by atoms with Crippen LogP contribution >= 0.6 is 11.8 Å². The van der Waals surface area contributed by atoms with Gasteiger partial charge in [0, 0.05) is 44.4 Å². The number of nitrogens with one attached hydrogen (secondary N) is 1. The molecule has 1 rings (SSSR count). The van der Waals surface area contributed by atoms with E-state index in [0.717, 1.165) is 56.7 Å². The average Bonchev–Trinajstić information content (AvgIpc) is 2.35. The van der Waals surface area contributed by atoms with E-state index in [1.54, 1.807) is 0 Å². The van der Waals surface area contributed by atoms with Crippen LogP contribution in [0.3, 0.4) is 0 Å². The number of ether oxygens (including phenoxy) is 1. The van der Waals surface area contributed by atoms with Gasteiger partial charge < -0.3 is 9.64 Å². The van der Waals surface area contributed by atoms with E-state index < -0.39 is 0 Å². The van der Waals surface area contributed by atoms with Crippen LogP contribution in [0.4, 0.5) is 0 Å². The molecule has 1 saturated heterocycles. The molecule has 3 N–H and O–H groups in total. The van der Waals surface area contributed by atoms with E-state index in [9.17, 15) is 0 Å². The predicted octanol–water partition coefficient (Wildman–Crippen LogP) is 0.281. The van der Waals surface area contributed by atoms with Crippen molar-refractivity contribution in [3.63, 3.8) is 0 Å². The van der Waals surface area contributed by atoms with Gasteiger partial charge in [-0.05, 0) is 13.3 Å². The van der Waals surface area contributed by atoms with E-state index in [1.807, 2.05) is 18.7 Å². The van der Waals surface area contributed by atoms with Crippen molar-refractivity contribution in [1.29, 1.82) is 0 Å². The Morgan fingerprint density at radius 2 is 2.25 bits per heavy atom. The molecule has 0 radical (unpaired) electrons. The van der Waals surface area contributed by atoms with E-state index in [1.165, 1.54) is 0 Å². The number of hydrogen-bond acceptors (Lipinski definition) is 4. The second-order valence-corrected chi connectivity index (χ2v) is 4.72. The van der Waals surface area contributed by atoms with E-state index in [4.69, 9.17) is 10.6 Å². The summed E-state index contributed by atoms with van der Waals surface area (Å²) in [6.07, 6.45) is 0.946. The minimum absolute atomic E-state index is 0.767. The summed E-state index contributed by atoms with van der Waals surface area (Å²) >= 11 is 1.98. The first-order chi connectivity index (χ1) is 7.88. The molecule has 1 aliphatic rings. The molecule has 94 valence electrons. The molecule has 6 heteroatoms. The van der Waals surface area contributed by atoms with Crippen LogP contribution in [-0.2, 0) is 4.74 Å². The Labute approximate surface area is 102 Å². The molecule has 0 saturated carbocycles. The van der Waals surface area contributed by atoms with Gasteiger partial charge in [-0.15, -0.1) is 0 Å². The number of guanidine groups is 1. The van der Waals surface area contributed by atoms with Crippen LogP contribution in [0.5, 0.6) is 0 Å². The summed E-state index contributed by atoms with van der Waals surface area (Å²) in [4.78, 5) is 6.66. The van der Waals surface area contributed by atoms with Crippen LogP contribution in [0.15, 0.2) is 4.99 Å². The van der Waals surface area contributed by atoms with Crippen molar-refractivity contribution < 1.29 is 4.74 Å². The molecule has 0 amide bonds. The Morgan fingerprint density at radius 1 is 1.50 bits per heavy atom. The molecule has 0 aliphatic carbocycles. The molecule has 0 aromatic carbocycles. The minimum atomic E-state index is 0.767. The summed E-state index contributed by atoms with van der Waals surface area (Å²) < 4.78 is 5.26. The topological polar surface area (TPSA) is 62.9 Å². The van der Waals surface area contributed by atoms with E-state index in [-0.39, 0.29) is 0 Å². The fourth-order valence-electron chi connectivity index (χ4n) is 1.51. The van der Waals surface area contributed by atoms with Gasteiger partial charge in [-0.25, -0.2) is 5.84 Å². The van der Waals surface area contributed by atoms with Crippen LogP contribution in [0.2, 0.25) is 0 Å². The monoisotopic (exact) mass is 246 g/mol. The third-order valence-corrected chi connectivity index (χ3v) is 3.29. The normalized spacial score (nSPS) is 17.6. The van der Waals surface area contributed by atoms with Gasteiger partial charge in [0.05, 0.1) is 0 Å². The zero-order chi connectivity index (χ0) is 11.6. The summed E-state index contributed by atoms with van der Waals surface area (Å²) in [5.41, 5.74) is 2.69. The van der Waals surface area contributed by atoms with Crippen molar-refractivity contribution in [3.8, 4) is 0 Å². The Balaban J connectivity index is 2.25. The van der Waals surface area contributed by atoms with Gasteiger partial charge in [-0.3, -0.25) is 10.4 Å². The lowest BCUT2D eigenvalue weighted by Crippen LogP contribution is -2.48. The smallest absolute Gasteiger partial charge is 0.208 e. The second kappa shape index (κ2) is 8.66. The Kier molecular flexibility index (Phi) is 7.37. The maximum Gasteiger partial charge on any atom is 0.208 e. The second-order valence-electron chi connectivity index (χ2n) is 3.50. The Morgan fingerprint density at radius 3 is 2.88 bits per heavy atom. The quantitative estimate of drug-likeness (QED) is 0.240. The first-order valence-corrected chi connectivity index (χ1v) is 6.95. The Hall–Kier alpha value is -0.460. The molecule has 0 aromatic rings. The highest BCUT2D eigenvalue weighted by Crippen LogP contribution is 2.08. The van der Waals surface area contributed by atoms with Crippen LogP contribution in [0.25, 0.3) is 0 Å². The maximum absolute atomic E-state index is 5.48. The lowest BCUT2D eigenvalue weighted by Gasteiger charge is -2.28. The number of thioether (sulfide) groups is 1. The molecule has 1 fully saturated rings. The molecule has 1 aliphatic heterocycles. The molecular formula is C10H22N4OS. The van der Waals surface area contributed by atoms with Crippen molar-refractivity contribution in [1.82, 2.24) is 10.3 Å². The van der Waals surface area contributed by atoms with Crippen LogP contribution in [0.1, 0.15) is 13.3 Å². The summed E-state index contributed by atoms with van der Waals surface area (Å²) in [5.74, 6) is 8.61. The lowest BCUT2D eigenvalue weighted by atomic mass is 10.4. The summed E-state index contributed by atoms with van der Waals surface area (Å²) in [5, 5.41) is 0. The maximum atomic E-state index is 5.48. The van der Waals surface area contributed by atoms with Gasteiger partial charge in [0.25, 0.3) is 0 Å². The fraction of sp³-hybridized carbons (Fsp3) is 0.900. The molecule has 0 aromatic heterocycles. The molecule has 0 bridgehead atoms.